The molecule has 0 spiro atoms. The van der Waals surface area contributed by atoms with Gasteiger partial charge in [0.2, 0.25) is 10.0 Å². The first kappa shape index (κ1) is 18.4. The average Bonchev–Trinajstić information content (AvgIpc) is 2.58. The smallest absolute Gasteiger partial charge is 0.238 e. The molecule has 0 saturated carbocycles. The van der Waals surface area contributed by atoms with E-state index in [4.69, 9.17) is 9.88 Å². The fourth-order valence-electron chi connectivity index (χ4n) is 2.47. The van der Waals surface area contributed by atoms with Crippen molar-refractivity contribution in [3.63, 3.8) is 0 Å². The van der Waals surface area contributed by atoms with Crippen LogP contribution in [-0.2, 0) is 26.5 Å². The van der Waals surface area contributed by atoms with Crippen molar-refractivity contribution in [1.82, 2.24) is 0 Å². The first-order valence-electron chi connectivity index (χ1n) is 7.61. The molecule has 0 aliphatic carbocycles. The van der Waals surface area contributed by atoms with E-state index in [9.17, 15) is 16.8 Å². The number of benzene rings is 3. The lowest BCUT2D eigenvalue weighted by Crippen LogP contribution is -2.11. The van der Waals surface area contributed by atoms with Crippen LogP contribution >= 0.6 is 0 Å². The minimum atomic E-state index is -3.77. The molecule has 3 rings (SSSR count). The molecule has 0 atom stereocenters. The second-order valence-corrected chi connectivity index (χ2v) is 9.50. The van der Waals surface area contributed by atoms with Crippen molar-refractivity contribution in [3.05, 3.63) is 66.2 Å². The summed E-state index contributed by atoms with van der Waals surface area (Å²) < 4.78 is 51.6. The summed E-state index contributed by atoms with van der Waals surface area (Å²) in [6.07, 6.45) is 1.16. The summed E-state index contributed by atoms with van der Waals surface area (Å²) >= 11 is 0. The van der Waals surface area contributed by atoms with Crippen LogP contribution in [0.2, 0.25) is 0 Å². The van der Waals surface area contributed by atoms with Crippen molar-refractivity contribution in [2.75, 3.05) is 6.26 Å². The van der Waals surface area contributed by atoms with Crippen LogP contribution in [-0.4, -0.2) is 23.1 Å². The highest BCUT2D eigenvalue weighted by Crippen LogP contribution is 2.24. The summed E-state index contributed by atoms with van der Waals surface area (Å²) in [7, 11) is -7.00. The highest BCUT2D eigenvalue weighted by atomic mass is 32.2. The summed E-state index contributed by atoms with van der Waals surface area (Å²) in [4.78, 5) is 0.293. The second kappa shape index (κ2) is 6.71. The Morgan fingerprint density at radius 1 is 0.808 bits per heavy atom. The minimum Gasteiger partial charge on any atom is -0.489 e. The predicted octanol–water partition coefficient (Wildman–Crippen LogP) is 2.47. The normalized spacial score (nSPS) is 12.2. The van der Waals surface area contributed by atoms with E-state index >= 15 is 0 Å². The van der Waals surface area contributed by atoms with Gasteiger partial charge in [0.25, 0.3) is 0 Å². The molecular formula is C18H17NO5S2. The molecule has 0 aliphatic heterocycles. The molecule has 0 saturated heterocycles. The molecule has 0 bridgehead atoms. The predicted molar refractivity (Wildman–Crippen MR) is 99.2 cm³/mol. The zero-order chi connectivity index (χ0) is 18.9. The van der Waals surface area contributed by atoms with Gasteiger partial charge in [0.15, 0.2) is 9.84 Å². The summed E-state index contributed by atoms with van der Waals surface area (Å²) in [5, 5.41) is 6.72. The Morgan fingerprint density at radius 3 is 2.04 bits per heavy atom. The Balaban J connectivity index is 1.80. The number of fused-ring (bicyclic) bond motifs is 1. The van der Waals surface area contributed by atoms with E-state index < -0.39 is 19.9 Å². The first-order valence-corrected chi connectivity index (χ1v) is 11.1. The fraction of sp³-hybridized carbons (Fsp3) is 0.111. The Morgan fingerprint density at radius 2 is 1.42 bits per heavy atom. The van der Waals surface area contributed by atoms with Crippen LogP contribution in [0.5, 0.6) is 5.75 Å². The Bertz CT molecular complexity index is 1170. The molecule has 0 unspecified atom stereocenters. The second-order valence-electron chi connectivity index (χ2n) is 5.92. The Hall–Kier alpha value is -2.42. The zero-order valence-electron chi connectivity index (χ0n) is 13.9. The van der Waals surface area contributed by atoms with Crippen LogP contribution in [0.4, 0.5) is 0 Å². The lowest BCUT2D eigenvalue weighted by molar-refractivity contribution is 0.306. The molecule has 3 aromatic carbocycles. The van der Waals surface area contributed by atoms with Gasteiger partial charge < -0.3 is 4.74 Å². The highest BCUT2D eigenvalue weighted by Gasteiger charge is 2.09. The molecule has 26 heavy (non-hydrogen) atoms. The standard InChI is InChI=1S/C18H17NO5S2/c1-25(20,21)17-7-2-13(3-8-17)12-24-16-6-4-14-5-9-18(26(19,22)23)11-15(14)10-16/h2-11H,12H2,1H3,(H2,19,22,23). The lowest BCUT2D eigenvalue weighted by atomic mass is 10.1. The first-order chi connectivity index (χ1) is 12.1. The third-order valence-electron chi connectivity index (χ3n) is 3.87. The molecule has 2 N–H and O–H groups in total. The molecule has 0 amide bonds. The van der Waals surface area contributed by atoms with Crippen LogP contribution in [0.1, 0.15) is 5.56 Å². The van der Waals surface area contributed by atoms with Crippen LogP contribution < -0.4 is 9.88 Å². The molecule has 3 aromatic rings. The Kier molecular flexibility index (Phi) is 4.74. The number of hydrogen-bond donors (Lipinski definition) is 1. The van der Waals surface area contributed by atoms with Gasteiger partial charge >= 0.3 is 0 Å². The number of sulfone groups is 1. The number of primary sulfonamides is 1. The van der Waals surface area contributed by atoms with Crippen LogP contribution in [0.25, 0.3) is 10.8 Å². The van der Waals surface area contributed by atoms with Gasteiger partial charge in [-0.05, 0) is 52.7 Å². The van der Waals surface area contributed by atoms with Gasteiger partial charge in [-0.2, -0.15) is 0 Å². The molecular weight excluding hydrogens is 374 g/mol. The van der Waals surface area contributed by atoms with Gasteiger partial charge in [0, 0.05) is 6.26 Å². The van der Waals surface area contributed by atoms with E-state index in [-0.39, 0.29) is 16.4 Å². The van der Waals surface area contributed by atoms with Crippen molar-refractivity contribution in [1.29, 1.82) is 0 Å². The van der Waals surface area contributed by atoms with Gasteiger partial charge in [0.05, 0.1) is 9.79 Å². The maximum Gasteiger partial charge on any atom is 0.238 e. The maximum atomic E-state index is 11.5. The van der Waals surface area contributed by atoms with Crippen LogP contribution in [0, 0.1) is 0 Å². The largest absolute Gasteiger partial charge is 0.489 e. The molecule has 8 heteroatoms. The third-order valence-corrected chi connectivity index (χ3v) is 5.91. The summed E-state index contributed by atoms with van der Waals surface area (Å²) in [5.74, 6) is 0.566. The van der Waals surface area contributed by atoms with Gasteiger partial charge in [-0.3, -0.25) is 0 Å². The molecule has 0 heterocycles. The maximum absolute atomic E-state index is 11.5. The summed E-state index contributed by atoms with van der Waals surface area (Å²) in [5.41, 5.74) is 0.816. The number of hydrogen-bond acceptors (Lipinski definition) is 5. The van der Waals surface area contributed by atoms with E-state index in [2.05, 4.69) is 0 Å². The van der Waals surface area contributed by atoms with Crippen molar-refractivity contribution >= 4 is 30.6 Å². The molecule has 0 fully saturated rings. The number of rotatable bonds is 5. The van der Waals surface area contributed by atoms with Crippen molar-refractivity contribution in [3.8, 4) is 5.75 Å². The molecule has 0 aliphatic rings. The molecule has 0 radical (unpaired) electrons. The van der Waals surface area contributed by atoms with Crippen molar-refractivity contribution in [2.24, 2.45) is 5.14 Å². The van der Waals surface area contributed by atoms with E-state index in [0.717, 1.165) is 17.2 Å². The quantitative estimate of drug-likeness (QED) is 0.719. The molecule has 6 nitrogen and oxygen atoms in total. The van der Waals surface area contributed by atoms with Gasteiger partial charge in [-0.25, -0.2) is 22.0 Å². The van der Waals surface area contributed by atoms with E-state index in [1.165, 1.54) is 24.3 Å². The number of ether oxygens (including phenoxy) is 1. The summed E-state index contributed by atoms with van der Waals surface area (Å²) in [6, 6.07) is 16.4. The average molecular weight is 391 g/mol. The zero-order valence-corrected chi connectivity index (χ0v) is 15.5. The van der Waals surface area contributed by atoms with Crippen molar-refractivity contribution in [2.45, 2.75) is 16.4 Å². The van der Waals surface area contributed by atoms with Crippen LogP contribution in [0.15, 0.2) is 70.5 Å². The lowest BCUT2D eigenvalue weighted by Gasteiger charge is -2.09. The highest BCUT2D eigenvalue weighted by molar-refractivity contribution is 7.90. The van der Waals surface area contributed by atoms with Crippen LogP contribution in [0.3, 0.4) is 0 Å². The SMILES string of the molecule is CS(=O)(=O)c1ccc(COc2ccc3ccc(S(N)(=O)=O)cc3c2)cc1. The van der Waals surface area contributed by atoms with Gasteiger partial charge in [-0.1, -0.05) is 24.3 Å². The molecule has 136 valence electrons. The van der Waals surface area contributed by atoms with Gasteiger partial charge in [0.1, 0.15) is 12.4 Å². The van der Waals surface area contributed by atoms with E-state index in [1.807, 2.05) is 6.07 Å². The Labute approximate surface area is 152 Å². The molecule has 0 aromatic heterocycles. The summed E-state index contributed by atoms with van der Waals surface area (Å²) in [6.45, 7) is 0.254. The van der Waals surface area contributed by atoms with Crippen molar-refractivity contribution < 1.29 is 21.6 Å². The fourth-order valence-corrected chi connectivity index (χ4v) is 3.65. The third kappa shape index (κ3) is 4.21. The van der Waals surface area contributed by atoms with Gasteiger partial charge in [-0.15, -0.1) is 0 Å². The number of sulfonamides is 1. The van der Waals surface area contributed by atoms with E-state index in [1.54, 1.807) is 30.3 Å². The topological polar surface area (TPSA) is 104 Å². The van der Waals surface area contributed by atoms with E-state index in [0.29, 0.717) is 11.1 Å². The number of nitrogens with two attached hydrogens (primary N) is 1. The monoisotopic (exact) mass is 391 g/mol. The minimum absolute atomic E-state index is 0.0403.